The second-order valence-corrected chi connectivity index (χ2v) is 18.1. The third-order valence-electron chi connectivity index (χ3n) is 12.2. The number of carbonyl (C=O) groups is 4. The molecule has 8 rings (SSSR count). The van der Waals surface area contributed by atoms with Gasteiger partial charge in [0, 0.05) is 101 Å². The van der Waals surface area contributed by atoms with E-state index in [1.165, 1.54) is 49.5 Å². The molecule has 2 fully saturated rings. The number of amides is 3. The molecule has 2 N–H and O–H groups in total. The van der Waals surface area contributed by atoms with Gasteiger partial charge in [0.05, 0.1) is 33.4 Å². The summed E-state index contributed by atoms with van der Waals surface area (Å²) in [6.07, 6.45) is 3.30. The number of likely N-dealkylation sites (N-methyl/N-ethyl adjacent to an activating group) is 1. The van der Waals surface area contributed by atoms with Gasteiger partial charge in [-0.2, -0.15) is 0 Å². The smallest absolute Gasteiger partial charge is 0.294 e. The molecule has 0 radical (unpaired) electrons. The number of benzene rings is 2. The highest BCUT2D eigenvalue weighted by atomic mass is 35.5. The van der Waals surface area contributed by atoms with E-state index in [0.29, 0.717) is 54.0 Å². The fourth-order valence-corrected chi connectivity index (χ4v) is 8.51. The number of Topliss-reactive ketones (excluding diaryl/α,β-unsaturated/α-hetero) is 1. The summed E-state index contributed by atoms with van der Waals surface area (Å²) in [4.78, 5) is 76.5. The van der Waals surface area contributed by atoms with Crippen molar-refractivity contribution in [3.63, 3.8) is 0 Å². The third-order valence-corrected chi connectivity index (χ3v) is 12.2. The molecular formula is C49H57Cl2F2N9O4. The first-order valence-corrected chi connectivity index (χ1v) is 22.9. The van der Waals surface area contributed by atoms with E-state index in [1.54, 1.807) is 25.1 Å². The molecule has 2 aliphatic rings. The van der Waals surface area contributed by atoms with Crippen molar-refractivity contribution in [2.75, 3.05) is 45.6 Å². The summed E-state index contributed by atoms with van der Waals surface area (Å²) in [5.41, 5.74) is 5.94. The molecule has 0 aliphatic carbocycles. The van der Waals surface area contributed by atoms with Gasteiger partial charge in [0.2, 0.25) is 0 Å². The van der Waals surface area contributed by atoms with Gasteiger partial charge in [-0.3, -0.25) is 29.0 Å². The molecule has 4 aromatic heterocycles. The lowest BCUT2D eigenvalue weighted by Gasteiger charge is -2.44. The van der Waals surface area contributed by atoms with Crippen molar-refractivity contribution in [3.8, 4) is 0 Å². The second kappa shape index (κ2) is 21.7. The van der Waals surface area contributed by atoms with Gasteiger partial charge in [-0.05, 0) is 95.1 Å². The maximum Gasteiger partial charge on any atom is 0.294 e. The number of aryl methyl sites for hydroxylation is 2. The first-order chi connectivity index (χ1) is 31.4. The number of nitrogens with zero attached hydrogens (tertiary/aromatic N) is 7. The number of aromatic amines is 2. The average Bonchev–Trinajstić information content (AvgIpc) is 3.92. The summed E-state index contributed by atoms with van der Waals surface area (Å²) in [5.74, 6) is -1.89. The summed E-state index contributed by atoms with van der Waals surface area (Å²) in [6, 6.07) is 19.0. The molecule has 0 bridgehead atoms. The number of aromatic nitrogens is 4. The Hall–Kier alpha value is -5.74. The number of carbonyl (C=O) groups excluding carboxylic acids is 4. The number of nitrogens with one attached hydrogen (secondary N) is 2. The quantitative estimate of drug-likeness (QED) is 0.0885. The van der Waals surface area contributed by atoms with Crippen LogP contribution in [0.3, 0.4) is 0 Å². The average molecular weight is 945 g/mol. The lowest BCUT2D eigenvalue weighted by Crippen LogP contribution is -2.57. The maximum atomic E-state index is 13.6. The number of hydrogen-bond donors (Lipinski definition) is 2. The molecule has 2 aliphatic heterocycles. The molecule has 2 aromatic carbocycles. The lowest BCUT2D eigenvalue weighted by molar-refractivity contribution is -0.124. The Bertz CT molecular complexity index is 2670. The summed E-state index contributed by atoms with van der Waals surface area (Å²) in [6.45, 7) is 16.0. The Morgan fingerprint density at radius 1 is 0.652 bits per heavy atom. The minimum Gasteiger partial charge on any atom is -0.346 e. The molecule has 17 heteroatoms. The first-order valence-electron chi connectivity index (χ1n) is 21.8. The van der Waals surface area contributed by atoms with E-state index in [0.717, 1.165) is 40.9 Å². The minimum absolute atomic E-state index is 0.0360. The van der Waals surface area contributed by atoms with Crippen molar-refractivity contribution in [1.82, 2.24) is 44.4 Å². The Balaban J connectivity index is 0.000000210. The zero-order valence-corrected chi connectivity index (χ0v) is 40.1. The van der Waals surface area contributed by atoms with Crippen molar-refractivity contribution >= 4 is 68.8 Å². The molecule has 3 amide bonds. The maximum absolute atomic E-state index is 13.6. The highest BCUT2D eigenvalue weighted by Crippen LogP contribution is 2.27. The normalized spacial score (nSPS) is 18.9. The zero-order valence-electron chi connectivity index (χ0n) is 38.5. The highest BCUT2D eigenvalue weighted by molar-refractivity contribution is 6.44. The van der Waals surface area contributed by atoms with Crippen LogP contribution < -0.4 is 0 Å². The van der Waals surface area contributed by atoms with E-state index in [-0.39, 0.29) is 58.5 Å². The van der Waals surface area contributed by atoms with E-state index in [1.807, 2.05) is 54.1 Å². The van der Waals surface area contributed by atoms with Crippen LogP contribution in [-0.4, -0.2) is 138 Å². The van der Waals surface area contributed by atoms with Gasteiger partial charge in [0.25, 0.3) is 23.5 Å². The largest absolute Gasteiger partial charge is 0.346 e. The van der Waals surface area contributed by atoms with Gasteiger partial charge >= 0.3 is 0 Å². The van der Waals surface area contributed by atoms with Crippen LogP contribution in [0.4, 0.5) is 8.78 Å². The van der Waals surface area contributed by atoms with E-state index in [2.05, 4.69) is 50.5 Å². The SMILES string of the molecule is Cc1nc2[nH]cc(C(=O)C(=O)N(C)C)c2cc1C(=O)N1C[C@H](C)N(Cc2ccc(F)cc2)C[C@H]1C.Cc1nc2[nH]ccc2cc1C(=O)N1C[C@H](C)N(Cc2ccc(F)cc2)C[C@H]1C.ClCCl. The fraction of sp³-hybridized carbons (Fsp3) is 0.388. The summed E-state index contributed by atoms with van der Waals surface area (Å²) in [7, 11) is 3.04. The van der Waals surface area contributed by atoms with Crippen LogP contribution in [0, 0.1) is 25.5 Å². The number of H-pyrrole nitrogens is 2. The Morgan fingerprint density at radius 2 is 1.11 bits per heavy atom. The molecule has 0 saturated carbocycles. The van der Waals surface area contributed by atoms with Gasteiger partial charge in [-0.25, -0.2) is 18.7 Å². The Kier molecular flexibility index (Phi) is 16.3. The molecule has 6 aromatic rings. The van der Waals surface area contributed by atoms with Crippen LogP contribution in [0.2, 0.25) is 0 Å². The topological polar surface area (TPSA) is 142 Å². The van der Waals surface area contributed by atoms with Gasteiger partial charge in [0.15, 0.2) is 0 Å². The number of piperazine rings is 2. The van der Waals surface area contributed by atoms with Crippen molar-refractivity contribution in [1.29, 1.82) is 0 Å². The third kappa shape index (κ3) is 11.4. The highest BCUT2D eigenvalue weighted by Gasteiger charge is 2.35. The van der Waals surface area contributed by atoms with Crippen molar-refractivity contribution < 1.29 is 28.0 Å². The van der Waals surface area contributed by atoms with Gasteiger partial charge < -0.3 is 24.7 Å². The zero-order chi connectivity index (χ0) is 48.0. The fourth-order valence-electron chi connectivity index (χ4n) is 8.51. The predicted molar refractivity (Wildman–Crippen MR) is 255 cm³/mol. The molecule has 350 valence electrons. The Labute approximate surface area is 394 Å². The summed E-state index contributed by atoms with van der Waals surface area (Å²) < 4.78 is 26.4. The molecule has 0 spiro atoms. The van der Waals surface area contributed by atoms with E-state index < -0.39 is 11.7 Å². The van der Waals surface area contributed by atoms with E-state index >= 15 is 0 Å². The van der Waals surface area contributed by atoms with Crippen LogP contribution in [0.15, 0.2) is 79.1 Å². The molecule has 0 unspecified atom stereocenters. The van der Waals surface area contributed by atoms with E-state index in [4.69, 9.17) is 23.2 Å². The standard InChI is InChI=1S/C26H30FN5O3.C22H25FN4O.CH2Cl2/c1-15-13-32(16(2)12-31(15)14-18-6-8-19(27)9-7-18)25(34)20-10-21-22(23(33)26(35)30(4)5)11-28-24(21)29-17(20)3;1-14-12-27(15(2)11-26(14)13-17-4-6-19(23)7-5-17)22(28)20-10-18-8-9-24-21(18)25-16(20)3;2-1-3/h6-11,15-16H,12-14H2,1-5H3,(H,28,29);4-10,14-15H,11-13H2,1-3H3,(H,24,25);1H2/t15-,16+;14-,15+;/m00./s1. The van der Waals surface area contributed by atoms with Crippen molar-refractivity contribution in [2.45, 2.75) is 78.8 Å². The molecular weight excluding hydrogens is 887 g/mol. The minimum atomic E-state index is -0.651. The Morgan fingerprint density at radius 3 is 1.58 bits per heavy atom. The predicted octanol–water partition coefficient (Wildman–Crippen LogP) is 8.18. The first kappa shape index (κ1) is 49.7. The van der Waals surface area contributed by atoms with Crippen molar-refractivity contribution in [2.24, 2.45) is 0 Å². The van der Waals surface area contributed by atoms with Crippen LogP contribution in [0.5, 0.6) is 0 Å². The molecule has 4 atom stereocenters. The number of alkyl halides is 2. The van der Waals surface area contributed by atoms with Crippen LogP contribution >= 0.6 is 23.2 Å². The monoisotopic (exact) mass is 943 g/mol. The second-order valence-electron chi connectivity index (χ2n) is 17.3. The number of ketones is 1. The van der Waals surface area contributed by atoms with Gasteiger partial charge in [0.1, 0.15) is 22.9 Å². The van der Waals surface area contributed by atoms with Crippen LogP contribution in [0.25, 0.3) is 22.1 Å². The number of rotatable bonds is 8. The molecule has 66 heavy (non-hydrogen) atoms. The lowest BCUT2D eigenvalue weighted by atomic mass is 10.0. The van der Waals surface area contributed by atoms with E-state index in [9.17, 15) is 28.0 Å². The number of halogens is 4. The molecule has 13 nitrogen and oxygen atoms in total. The number of hydrogen-bond acceptors (Lipinski definition) is 8. The van der Waals surface area contributed by atoms with Crippen LogP contribution in [-0.2, 0) is 17.9 Å². The number of pyridine rings is 2. The van der Waals surface area contributed by atoms with Crippen LogP contribution in [0.1, 0.15) is 81.3 Å². The van der Waals surface area contributed by atoms with Crippen molar-refractivity contribution in [3.05, 3.63) is 130 Å². The van der Waals surface area contributed by atoms with Gasteiger partial charge in [-0.1, -0.05) is 24.3 Å². The summed E-state index contributed by atoms with van der Waals surface area (Å²) in [5, 5.41) is 1.60. The number of fused-ring (bicyclic) bond motifs is 2. The summed E-state index contributed by atoms with van der Waals surface area (Å²) >= 11 is 9.53. The van der Waals surface area contributed by atoms with Gasteiger partial charge in [-0.15, -0.1) is 23.2 Å². The molecule has 6 heterocycles. The molecule has 2 saturated heterocycles.